The van der Waals surface area contributed by atoms with E-state index in [9.17, 15) is 0 Å². The Balaban J connectivity index is 1.69. The fraction of sp³-hybridized carbons (Fsp3) is 0.143. The zero-order valence-electron chi connectivity index (χ0n) is 12.6. The minimum Gasteiger partial charge on any atom is -0.456 e. The van der Waals surface area contributed by atoms with Crippen LogP contribution < -0.4 is 4.74 Å². The predicted octanol–water partition coefficient (Wildman–Crippen LogP) is 5.89. The first kappa shape index (κ1) is 13.4. The molecule has 0 radical (unpaired) electrons. The van der Waals surface area contributed by atoms with Crippen LogP contribution in [0.3, 0.4) is 0 Å². The highest BCUT2D eigenvalue weighted by Crippen LogP contribution is 2.43. The van der Waals surface area contributed by atoms with E-state index in [1.54, 1.807) is 0 Å². The maximum absolute atomic E-state index is 6.37. The summed E-state index contributed by atoms with van der Waals surface area (Å²) in [6.45, 7) is 0. The molecule has 5 rings (SSSR count). The number of halogens is 1. The number of benzene rings is 3. The summed E-state index contributed by atoms with van der Waals surface area (Å²) in [6, 6.07) is 19.4. The van der Waals surface area contributed by atoms with Crippen LogP contribution in [0.1, 0.15) is 23.1 Å². The van der Waals surface area contributed by atoms with Crippen LogP contribution in [-0.4, -0.2) is 0 Å². The lowest BCUT2D eigenvalue weighted by Crippen LogP contribution is -2.15. The number of hydrogen-bond acceptors (Lipinski definition) is 1. The van der Waals surface area contributed by atoms with Gasteiger partial charge >= 0.3 is 0 Å². The van der Waals surface area contributed by atoms with Crippen molar-refractivity contribution in [2.24, 2.45) is 0 Å². The lowest BCUT2D eigenvalue weighted by atomic mass is 9.85. The summed E-state index contributed by atoms with van der Waals surface area (Å²) in [4.78, 5) is 0. The third-order valence-electron chi connectivity index (χ3n) is 4.93. The van der Waals surface area contributed by atoms with Crippen molar-refractivity contribution in [3.05, 3.63) is 81.3 Å². The van der Waals surface area contributed by atoms with Gasteiger partial charge in [0.15, 0.2) is 0 Å². The maximum atomic E-state index is 6.37. The molecule has 0 amide bonds. The molecule has 1 aliphatic carbocycles. The van der Waals surface area contributed by atoms with Crippen LogP contribution in [0.5, 0.6) is 5.75 Å². The third-order valence-corrected chi connectivity index (χ3v) is 5.43. The van der Waals surface area contributed by atoms with E-state index in [4.69, 9.17) is 4.74 Å². The normalized spacial score (nSPS) is 15.7. The molecule has 112 valence electrons. The van der Waals surface area contributed by atoms with Crippen LogP contribution in [0.2, 0.25) is 0 Å². The van der Waals surface area contributed by atoms with E-state index < -0.39 is 0 Å². The molecule has 0 spiro atoms. The first-order valence-corrected chi connectivity index (χ1v) is 8.78. The minimum atomic E-state index is 0.998. The van der Waals surface area contributed by atoms with Crippen LogP contribution in [0.25, 0.3) is 16.5 Å². The molecule has 0 fully saturated rings. The van der Waals surface area contributed by atoms with Crippen molar-refractivity contribution >= 4 is 32.5 Å². The van der Waals surface area contributed by atoms with E-state index in [2.05, 4.69) is 70.5 Å². The molecule has 1 nitrogen and oxygen atoms in total. The SMILES string of the molecule is Brc1ccc2c3c(ccc2c1)OC1=C(CCc2ccccc21)C3. The fourth-order valence-electron chi connectivity index (χ4n) is 3.79. The molecular formula is C21H15BrO. The first-order chi connectivity index (χ1) is 11.3. The van der Waals surface area contributed by atoms with Gasteiger partial charge in [0.1, 0.15) is 11.5 Å². The molecule has 0 atom stereocenters. The zero-order chi connectivity index (χ0) is 15.4. The van der Waals surface area contributed by atoms with Crippen LogP contribution in [0.4, 0.5) is 0 Å². The van der Waals surface area contributed by atoms with Gasteiger partial charge in [-0.1, -0.05) is 52.3 Å². The third kappa shape index (κ3) is 2.05. The Morgan fingerprint density at radius 3 is 2.78 bits per heavy atom. The van der Waals surface area contributed by atoms with Crippen molar-refractivity contribution < 1.29 is 4.74 Å². The van der Waals surface area contributed by atoms with Gasteiger partial charge in [-0.3, -0.25) is 0 Å². The molecule has 0 saturated carbocycles. The molecule has 0 unspecified atom stereocenters. The van der Waals surface area contributed by atoms with Gasteiger partial charge in [0.2, 0.25) is 0 Å². The summed E-state index contributed by atoms with van der Waals surface area (Å²) >= 11 is 3.56. The van der Waals surface area contributed by atoms with E-state index in [-0.39, 0.29) is 0 Å². The maximum Gasteiger partial charge on any atom is 0.134 e. The van der Waals surface area contributed by atoms with E-state index in [1.807, 2.05) is 0 Å². The molecule has 1 aliphatic heterocycles. The Morgan fingerprint density at radius 2 is 1.83 bits per heavy atom. The number of allylic oxidation sites excluding steroid dienone is 1. The van der Waals surface area contributed by atoms with E-state index in [0.29, 0.717) is 0 Å². The molecule has 23 heavy (non-hydrogen) atoms. The number of rotatable bonds is 0. The second-order valence-electron chi connectivity index (χ2n) is 6.28. The van der Waals surface area contributed by atoms with E-state index in [1.165, 1.54) is 33.0 Å². The van der Waals surface area contributed by atoms with Crippen molar-refractivity contribution in [1.29, 1.82) is 0 Å². The van der Waals surface area contributed by atoms with Gasteiger partial charge in [-0.2, -0.15) is 0 Å². The first-order valence-electron chi connectivity index (χ1n) is 7.99. The highest BCUT2D eigenvalue weighted by atomic mass is 79.9. The molecule has 3 aromatic rings. The van der Waals surface area contributed by atoms with Gasteiger partial charge in [-0.25, -0.2) is 0 Å². The molecule has 0 aromatic heterocycles. The Hall–Kier alpha value is -2.06. The summed E-state index contributed by atoms with van der Waals surface area (Å²) in [5.41, 5.74) is 5.44. The van der Waals surface area contributed by atoms with Gasteiger partial charge in [-0.05, 0) is 52.9 Å². The van der Waals surface area contributed by atoms with E-state index in [0.717, 1.165) is 35.2 Å². The van der Waals surface area contributed by atoms with Crippen molar-refractivity contribution in [3.63, 3.8) is 0 Å². The number of ether oxygens (including phenoxy) is 1. The van der Waals surface area contributed by atoms with Gasteiger partial charge in [0, 0.05) is 22.0 Å². The van der Waals surface area contributed by atoms with Crippen LogP contribution in [0.15, 0.2) is 64.6 Å². The lowest BCUT2D eigenvalue weighted by molar-refractivity contribution is 0.483. The molecule has 3 aromatic carbocycles. The molecule has 0 bridgehead atoms. The van der Waals surface area contributed by atoms with Crippen LogP contribution in [-0.2, 0) is 12.8 Å². The van der Waals surface area contributed by atoms with E-state index >= 15 is 0 Å². The van der Waals surface area contributed by atoms with Crippen LogP contribution in [0, 0.1) is 0 Å². The topological polar surface area (TPSA) is 9.23 Å². The van der Waals surface area contributed by atoms with Crippen molar-refractivity contribution in [2.75, 3.05) is 0 Å². The standard InChI is InChI=1S/C21H15BrO/c22-16-8-9-17-14(11-16)7-10-20-19(17)12-15-6-5-13-3-1-2-4-18(13)21(15)23-20/h1-4,7-11H,5-6,12H2. The van der Waals surface area contributed by atoms with Crippen molar-refractivity contribution in [1.82, 2.24) is 0 Å². The highest BCUT2D eigenvalue weighted by Gasteiger charge is 2.26. The number of aryl methyl sites for hydroxylation is 1. The lowest BCUT2D eigenvalue weighted by Gasteiger charge is -2.29. The second kappa shape index (κ2) is 4.97. The summed E-state index contributed by atoms with van der Waals surface area (Å²) in [5, 5.41) is 2.57. The summed E-state index contributed by atoms with van der Waals surface area (Å²) in [6.07, 6.45) is 3.21. The van der Waals surface area contributed by atoms with Crippen molar-refractivity contribution in [2.45, 2.75) is 19.3 Å². The van der Waals surface area contributed by atoms with Crippen LogP contribution >= 0.6 is 15.9 Å². The fourth-order valence-corrected chi connectivity index (χ4v) is 4.17. The monoisotopic (exact) mass is 362 g/mol. The smallest absolute Gasteiger partial charge is 0.134 e. The summed E-state index contributed by atoms with van der Waals surface area (Å²) < 4.78 is 7.49. The Morgan fingerprint density at radius 1 is 0.913 bits per heavy atom. The van der Waals surface area contributed by atoms with Gasteiger partial charge in [-0.15, -0.1) is 0 Å². The second-order valence-corrected chi connectivity index (χ2v) is 7.19. The zero-order valence-corrected chi connectivity index (χ0v) is 14.2. The number of hydrogen-bond donors (Lipinski definition) is 0. The predicted molar refractivity (Wildman–Crippen MR) is 97.7 cm³/mol. The average Bonchev–Trinajstić information content (AvgIpc) is 2.59. The van der Waals surface area contributed by atoms with Gasteiger partial charge in [0.05, 0.1) is 0 Å². The molecule has 2 aliphatic rings. The summed E-state index contributed by atoms with van der Waals surface area (Å²) in [5.74, 6) is 2.10. The molecule has 0 N–H and O–H groups in total. The Labute approximate surface area is 143 Å². The molecule has 1 heterocycles. The molecule has 0 saturated heterocycles. The Bertz CT molecular complexity index is 984. The number of fused-ring (bicyclic) bond motifs is 5. The average molecular weight is 363 g/mol. The quantitative estimate of drug-likeness (QED) is 0.484. The minimum absolute atomic E-state index is 0.998. The van der Waals surface area contributed by atoms with Gasteiger partial charge in [0.25, 0.3) is 0 Å². The molecular weight excluding hydrogens is 348 g/mol. The Kier molecular flexibility index (Phi) is 2.89. The highest BCUT2D eigenvalue weighted by molar-refractivity contribution is 9.10. The largest absolute Gasteiger partial charge is 0.456 e. The van der Waals surface area contributed by atoms with Crippen molar-refractivity contribution in [3.8, 4) is 5.75 Å². The van der Waals surface area contributed by atoms with Gasteiger partial charge < -0.3 is 4.74 Å². The molecule has 2 heteroatoms. The summed E-state index contributed by atoms with van der Waals surface area (Å²) in [7, 11) is 0.